The number of carbonyl (C=O) groups is 2. The van der Waals surface area contributed by atoms with Gasteiger partial charge in [0.1, 0.15) is 0 Å². The number of thioether (sulfide) groups is 1. The van der Waals surface area contributed by atoms with Gasteiger partial charge in [0.05, 0.1) is 5.75 Å². The minimum absolute atomic E-state index is 0.0393. The molecule has 6 nitrogen and oxygen atoms in total. The Morgan fingerprint density at radius 3 is 2.68 bits per heavy atom. The van der Waals surface area contributed by atoms with E-state index in [2.05, 4.69) is 20.8 Å². The van der Waals surface area contributed by atoms with Crippen molar-refractivity contribution in [1.82, 2.24) is 15.5 Å². The minimum atomic E-state index is -0.0540. The van der Waals surface area contributed by atoms with Crippen molar-refractivity contribution in [3.63, 3.8) is 0 Å². The number of nitrogens with one attached hydrogen (secondary N) is 2. The van der Waals surface area contributed by atoms with E-state index in [-0.39, 0.29) is 11.8 Å². The SMILES string of the molecule is CC(C)CC(=O)Nc1nnc(SCC(=O)NC2CCCC2)s1. The molecular weight excluding hydrogens is 320 g/mol. The highest BCUT2D eigenvalue weighted by atomic mass is 32.2. The Hall–Kier alpha value is -1.15. The van der Waals surface area contributed by atoms with E-state index >= 15 is 0 Å². The standard InChI is InChI=1S/C14H22N4O2S2/c1-9(2)7-11(19)16-13-17-18-14(22-13)21-8-12(20)15-10-5-3-4-6-10/h9-10H,3-8H2,1-2H3,(H,15,20)(H,16,17,19). The summed E-state index contributed by atoms with van der Waals surface area (Å²) >= 11 is 2.66. The topological polar surface area (TPSA) is 84.0 Å². The van der Waals surface area contributed by atoms with Gasteiger partial charge in [0.15, 0.2) is 4.34 Å². The largest absolute Gasteiger partial charge is 0.353 e. The zero-order valence-electron chi connectivity index (χ0n) is 12.9. The van der Waals surface area contributed by atoms with Crippen LogP contribution in [0.4, 0.5) is 5.13 Å². The molecule has 0 atom stereocenters. The summed E-state index contributed by atoms with van der Waals surface area (Å²) in [5, 5.41) is 14.2. The minimum Gasteiger partial charge on any atom is -0.353 e. The molecule has 0 saturated heterocycles. The molecule has 122 valence electrons. The third kappa shape index (κ3) is 5.92. The van der Waals surface area contributed by atoms with E-state index in [1.54, 1.807) is 0 Å². The van der Waals surface area contributed by atoms with Gasteiger partial charge in [-0.1, -0.05) is 49.8 Å². The van der Waals surface area contributed by atoms with Crippen molar-refractivity contribution >= 4 is 40.0 Å². The lowest BCUT2D eigenvalue weighted by molar-refractivity contribution is -0.119. The van der Waals surface area contributed by atoms with Crippen LogP contribution in [0.5, 0.6) is 0 Å². The molecule has 2 N–H and O–H groups in total. The lowest BCUT2D eigenvalue weighted by Crippen LogP contribution is -2.33. The smallest absolute Gasteiger partial charge is 0.230 e. The van der Waals surface area contributed by atoms with Gasteiger partial charge in [0, 0.05) is 12.5 Å². The van der Waals surface area contributed by atoms with Crippen LogP contribution in [-0.2, 0) is 9.59 Å². The molecular formula is C14H22N4O2S2. The van der Waals surface area contributed by atoms with E-state index in [1.165, 1.54) is 35.9 Å². The first-order chi connectivity index (χ1) is 10.5. The number of hydrogen-bond acceptors (Lipinski definition) is 6. The van der Waals surface area contributed by atoms with Crippen LogP contribution in [0, 0.1) is 5.92 Å². The fourth-order valence-corrected chi connectivity index (χ4v) is 3.91. The molecule has 2 rings (SSSR count). The summed E-state index contributed by atoms with van der Waals surface area (Å²) in [6.45, 7) is 3.98. The molecule has 0 spiro atoms. The molecule has 0 aliphatic heterocycles. The quantitative estimate of drug-likeness (QED) is 0.588. The lowest BCUT2D eigenvalue weighted by Gasteiger charge is -2.10. The highest BCUT2D eigenvalue weighted by Crippen LogP contribution is 2.26. The normalized spacial score (nSPS) is 15.2. The molecule has 2 amide bonds. The van der Waals surface area contributed by atoms with Crippen LogP contribution in [0.25, 0.3) is 0 Å². The van der Waals surface area contributed by atoms with Gasteiger partial charge in [-0.05, 0) is 18.8 Å². The average molecular weight is 342 g/mol. The third-order valence-corrected chi connectivity index (χ3v) is 5.27. The summed E-state index contributed by atoms with van der Waals surface area (Å²) in [5.41, 5.74) is 0. The maximum atomic E-state index is 11.8. The molecule has 1 aliphatic rings. The van der Waals surface area contributed by atoms with Crippen LogP contribution in [0.1, 0.15) is 46.0 Å². The highest BCUT2D eigenvalue weighted by Gasteiger charge is 2.17. The van der Waals surface area contributed by atoms with Crippen molar-refractivity contribution in [2.24, 2.45) is 5.92 Å². The Morgan fingerprint density at radius 2 is 2.00 bits per heavy atom. The molecule has 1 aromatic heterocycles. The lowest BCUT2D eigenvalue weighted by atomic mass is 10.1. The molecule has 1 fully saturated rings. The summed E-state index contributed by atoms with van der Waals surface area (Å²) < 4.78 is 0.696. The van der Waals surface area contributed by atoms with Crippen molar-refractivity contribution in [2.75, 3.05) is 11.1 Å². The number of nitrogens with zero attached hydrogens (tertiary/aromatic N) is 2. The summed E-state index contributed by atoms with van der Waals surface area (Å²) in [6.07, 6.45) is 5.04. The first kappa shape index (κ1) is 17.2. The Kier molecular flexibility index (Phi) is 6.63. The Morgan fingerprint density at radius 1 is 1.27 bits per heavy atom. The Balaban J connectivity index is 1.72. The second kappa shape index (κ2) is 8.47. The van der Waals surface area contributed by atoms with Gasteiger partial charge in [-0.3, -0.25) is 9.59 Å². The van der Waals surface area contributed by atoms with Gasteiger partial charge in [-0.25, -0.2) is 0 Å². The first-order valence-corrected chi connectivity index (χ1v) is 9.38. The van der Waals surface area contributed by atoms with Gasteiger partial charge in [-0.2, -0.15) is 0 Å². The molecule has 1 aliphatic carbocycles. The monoisotopic (exact) mass is 342 g/mol. The molecule has 1 saturated carbocycles. The molecule has 0 bridgehead atoms. The van der Waals surface area contributed by atoms with Crippen LogP contribution in [-0.4, -0.2) is 33.8 Å². The van der Waals surface area contributed by atoms with Gasteiger partial charge < -0.3 is 10.6 Å². The predicted octanol–water partition coefficient (Wildman–Crippen LogP) is 2.67. The number of hydrogen-bond donors (Lipinski definition) is 2. The molecule has 1 heterocycles. The van der Waals surface area contributed by atoms with Gasteiger partial charge in [-0.15, -0.1) is 10.2 Å². The van der Waals surface area contributed by atoms with Crippen molar-refractivity contribution in [3.05, 3.63) is 0 Å². The van der Waals surface area contributed by atoms with Crippen molar-refractivity contribution in [1.29, 1.82) is 0 Å². The van der Waals surface area contributed by atoms with Crippen LogP contribution in [0.3, 0.4) is 0 Å². The second-order valence-corrected chi connectivity index (χ2v) is 8.06. The molecule has 22 heavy (non-hydrogen) atoms. The van der Waals surface area contributed by atoms with E-state index in [4.69, 9.17) is 0 Å². The van der Waals surface area contributed by atoms with Gasteiger partial charge in [0.2, 0.25) is 16.9 Å². The first-order valence-electron chi connectivity index (χ1n) is 7.58. The Labute approximate surface area is 138 Å². The Bertz CT molecular complexity index is 513. The van der Waals surface area contributed by atoms with Gasteiger partial charge >= 0.3 is 0 Å². The average Bonchev–Trinajstić information content (AvgIpc) is 3.07. The molecule has 0 aromatic carbocycles. The van der Waals surface area contributed by atoms with E-state index < -0.39 is 0 Å². The number of rotatable bonds is 7. The van der Waals surface area contributed by atoms with E-state index in [1.807, 2.05) is 13.8 Å². The summed E-state index contributed by atoms with van der Waals surface area (Å²) in [4.78, 5) is 23.5. The van der Waals surface area contributed by atoms with E-state index in [9.17, 15) is 9.59 Å². The number of carbonyl (C=O) groups excluding carboxylic acids is 2. The van der Waals surface area contributed by atoms with Gasteiger partial charge in [0.25, 0.3) is 0 Å². The highest BCUT2D eigenvalue weighted by molar-refractivity contribution is 8.01. The number of amides is 2. The van der Waals surface area contributed by atoms with Crippen molar-refractivity contribution in [3.8, 4) is 0 Å². The molecule has 1 aromatic rings. The third-order valence-electron chi connectivity index (χ3n) is 3.29. The summed E-state index contributed by atoms with van der Waals surface area (Å²) in [6, 6.07) is 0.341. The zero-order chi connectivity index (χ0) is 15.9. The van der Waals surface area contributed by atoms with Crippen LogP contribution >= 0.6 is 23.1 Å². The number of anilines is 1. The maximum absolute atomic E-state index is 11.8. The zero-order valence-corrected chi connectivity index (χ0v) is 14.6. The summed E-state index contributed by atoms with van der Waals surface area (Å²) in [7, 11) is 0. The van der Waals surface area contributed by atoms with Crippen LogP contribution < -0.4 is 10.6 Å². The van der Waals surface area contributed by atoms with E-state index in [0.717, 1.165) is 12.8 Å². The maximum Gasteiger partial charge on any atom is 0.230 e. The summed E-state index contributed by atoms with van der Waals surface area (Å²) in [5.74, 6) is 0.630. The van der Waals surface area contributed by atoms with Crippen molar-refractivity contribution < 1.29 is 9.59 Å². The molecule has 8 heteroatoms. The van der Waals surface area contributed by atoms with Crippen LogP contribution in [0.15, 0.2) is 4.34 Å². The fourth-order valence-electron chi connectivity index (χ4n) is 2.33. The van der Waals surface area contributed by atoms with Crippen LogP contribution in [0.2, 0.25) is 0 Å². The number of aromatic nitrogens is 2. The second-order valence-electron chi connectivity index (χ2n) is 5.86. The fraction of sp³-hybridized carbons (Fsp3) is 0.714. The van der Waals surface area contributed by atoms with E-state index in [0.29, 0.717) is 33.6 Å². The molecule has 0 unspecified atom stereocenters. The molecule has 0 radical (unpaired) electrons. The van der Waals surface area contributed by atoms with Crippen molar-refractivity contribution in [2.45, 2.75) is 56.3 Å². The predicted molar refractivity (Wildman–Crippen MR) is 89.1 cm³/mol.